The largest absolute Gasteiger partial charge is 0.493 e. The maximum Gasteiger partial charge on any atom is 0.260 e. The molecular formula is C18H20ClNO4. The minimum Gasteiger partial charge on any atom is -0.493 e. The zero-order valence-corrected chi connectivity index (χ0v) is 14.4. The van der Waals surface area contributed by atoms with Crippen LogP contribution < -0.4 is 19.5 Å². The Balaban J connectivity index is 1.74. The monoisotopic (exact) mass is 349 g/mol. The highest BCUT2D eigenvalue weighted by Crippen LogP contribution is 2.25. The Bertz CT molecular complexity index is 678. The van der Waals surface area contributed by atoms with Crippen LogP contribution in [-0.2, 0) is 4.79 Å². The van der Waals surface area contributed by atoms with Crippen LogP contribution in [0.15, 0.2) is 48.5 Å². The lowest BCUT2D eigenvalue weighted by Gasteiger charge is -2.15. The molecule has 0 spiro atoms. The van der Waals surface area contributed by atoms with Crippen LogP contribution in [0.25, 0.3) is 0 Å². The molecule has 0 aliphatic carbocycles. The van der Waals surface area contributed by atoms with Crippen molar-refractivity contribution in [3.63, 3.8) is 0 Å². The molecule has 1 N–H and O–H groups in total. The molecule has 1 atom stereocenters. The van der Waals surface area contributed by atoms with E-state index in [2.05, 4.69) is 5.32 Å². The number of benzene rings is 2. The van der Waals surface area contributed by atoms with Gasteiger partial charge in [-0.1, -0.05) is 29.8 Å². The summed E-state index contributed by atoms with van der Waals surface area (Å²) < 4.78 is 16.3. The molecule has 5 nitrogen and oxygen atoms in total. The molecule has 0 unspecified atom stereocenters. The van der Waals surface area contributed by atoms with Crippen molar-refractivity contribution >= 4 is 17.5 Å². The van der Waals surface area contributed by atoms with Gasteiger partial charge in [0.25, 0.3) is 5.91 Å². The van der Waals surface area contributed by atoms with E-state index in [1.807, 2.05) is 24.3 Å². The molecule has 0 aliphatic rings. The van der Waals surface area contributed by atoms with Gasteiger partial charge >= 0.3 is 0 Å². The molecule has 0 saturated heterocycles. The number of amides is 1. The fourth-order valence-electron chi connectivity index (χ4n) is 2.01. The number of hydrogen-bond acceptors (Lipinski definition) is 4. The number of nitrogens with one attached hydrogen (secondary N) is 1. The summed E-state index contributed by atoms with van der Waals surface area (Å²) in [6.45, 7) is 2.37. The topological polar surface area (TPSA) is 56.8 Å². The van der Waals surface area contributed by atoms with E-state index in [9.17, 15) is 4.79 Å². The second kappa shape index (κ2) is 9.03. The molecule has 0 aromatic heterocycles. The highest BCUT2D eigenvalue weighted by atomic mass is 35.5. The summed E-state index contributed by atoms with van der Waals surface area (Å²) in [4.78, 5) is 12.0. The van der Waals surface area contributed by atoms with Gasteiger partial charge < -0.3 is 19.5 Å². The predicted molar refractivity (Wildman–Crippen MR) is 93.0 cm³/mol. The van der Waals surface area contributed by atoms with E-state index in [1.54, 1.807) is 38.3 Å². The molecule has 2 rings (SSSR count). The molecule has 0 fully saturated rings. The van der Waals surface area contributed by atoms with Crippen molar-refractivity contribution in [3.8, 4) is 17.2 Å². The van der Waals surface area contributed by atoms with Gasteiger partial charge in [0.1, 0.15) is 12.4 Å². The van der Waals surface area contributed by atoms with Gasteiger partial charge in [-0.25, -0.2) is 0 Å². The van der Waals surface area contributed by atoms with Crippen molar-refractivity contribution in [2.45, 2.75) is 13.0 Å². The third kappa shape index (κ3) is 5.35. The number of carbonyl (C=O) groups is 1. The Kier molecular flexibility index (Phi) is 6.75. The summed E-state index contributed by atoms with van der Waals surface area (Å²) in [5.74, 6) is 1.62. The van der Waals surface area contributed by atoms with E-state index in [1.165, 1.54) is 0 Å². The second-order valence-electron chi connectivity index (χ2n) is 5.01. The van der Waals surface area contributed by atoms with Gasteiger partial charge in [-0.2, -0.15) is 0 Å². The Morgan fingerprint density at radius 3 is 2.62 bits per heavy atom. The van der Waals surface area contributed by atoms with Crippen molar-refractivity contribution in [1.82, 2.24) is 5.32 Å². The van der Waals surface area contributed by atoms with Gasteiger partial charge in [-0.05, 0) is 37.3 Å². The maximum absolute atomic E-state index is 12.0. The summed E-state index contributed by atoms with van der Waals surface area (Å²) in [6, 6.07) is 14.3. The second-order valence-corrected chi connectivity index (χ2v) is 5.44. The first-order valence-corrected chi connectivity index (χ1v) is 7.93. The van der Waals surface area contributed by atoms with Crippen LogP contribution in [0.4, 0.5) is 0 Å². The highest BCUT2D eigenvalue weighted by molar-refractivity contribution is 6.30. The lowest BCUT2D eigenvalue weighted by atomic mass is 10.3. The normalized spacial score (nSPS) is 11.5. The summed E-state index contributed by atoms with van der Waals surface area (Å²) in [5, 5.41) is 3.32. The molecule has 0 saturated carbocycles. The summed E-state index contributed by atoms with van der Waals surface area (Å²) >= 11 is 5.89. The van der Waals surface area contributed by atoms with E-state index in [0.717, 1.165) is 0 Å². The van der Waals surface area contributed by atoms with E-state index < -0.39 is 6.10 Å². The van der Waals surface area contributed by atoms with E-state index in [-0.39, 0.29) is 5.91 Å². The summed E-state index contributed by atoms with van der Waals surface area (Å²) in [6.07, 6.45) is -0.630. The Labute approximate surface area is 146 Å². The number of hydrogen-bond donors (Lipinski definition) is 1. The average Bonchev–Trinajstić information content (AvgIpc) is 2.58. The Morgan fingerprint density at radius 1 is 1.17 bits per heavy atom. The van der Waals surface area contributed by atoms with Crippen LogP contribution in [0.1, 0.15) is 6.92 Å². The SMILES string of the molecule is COc1ccccc1OCCNC(=O)[C@@H](C)Oc1cccc(Cl)c1. The van der Waals surface area contributed by atoms with E-state index in [4.69, 9.17) is 25.8 Å². The molecule has 0 heterocycles. The number of rotatable bonds is 8. The maximum atomic E-state index is 12.0. The van der Waals surface area contributed by atoms with Crippen LogP contribution in [0.3, 0.4) is 0 Å². The first-order valence-electron chi connectivity index (χ1n) is 7.56. The lowest BCUT2D eigenvalue weighted by Crippen LogP contribution is -2.38. The van der Waals surface area contributed by atoms with Crippen molar-refractivity contribution in [2.75, 3.05) is 20.3 Å². The van der Waals surface area contributed by atoms with Crippen molar-refractivity contribution in [1.29, 1.82) is 0 Å². The highest BCUT2D eigenvalue weighted by Gasteiger charge is 2.14. The zero-order chi connectivity index (χ0) is 17.4. The van der Waals surface area contributed by atoms with Gasteiger partial charge in [0, 0.05) is 5.02 Å². The Morgan fingerprint density at radius 2 is 1.92 bits per heavy atom. The minimum absolute atomic E-state index is 0.224. The minimum atomic E-state index is -0.630. The van der Waals surface area contributed by atoms with Crippen molar-refractivity contribution in [3.05, 3.63) is 53.6 Å². The smallest absolute Gasteiger partial charge is 0.260 e. The van der Waals surface area contributed by atoms with Gasteiger partial charge in [0.15, 0.2) is 17.6 Å². The van der Waals surface area contributed by atoms with Crippen LogP contribution in [0, 0.1) is 0 Å². The quantitative estimate of drug-likeness (QED) is 0.743. The molecule has 2 aromatic carbocycles. The van der Waals surface area contributed by atoms with Gasteiger partial charge in [-0.15, -0.1) is 0 Å². The van der Waals surface area contributed by atoms with Crippen molar-refractivity contribution < 1.29 is 19.0 Å². The van der Waals surface area contributed by atoms with Crippen LogP contribution >= 0.6 is 11.6 Å². The van der Waals surface area contributed by atoms with Crippen molar-refractivity contribution in [2.24, 2.45) is 0 Å². The number of carbonyl (C=O) groups excluding carboxylic acids is 1. The molecule has 24 heavy (non-hydrogen) atoms. The Hall–Kier alpha value is -2.40. The van der Waals surface area contributed by atoms with Gasteiger partial charge in [-0.3, -0.25) is 4.79 Å². The fourth-order valence-corrected chi connectivity index (χ4v) is 2.20. The zero-order valence-electron chi connectivity index (χ0n) is 13.6. The number of ether oxygens (including phenoxy) is 3. The number of halogens is 1. The molecular weight excluding hydrogens is 330 g/mol. The number of methoxy groups -OCH3 is 1. The third-order valence-corrected chi connectivity index (χ3v) is 3.44. The third-order valence-electron chi connectivity index (χ3n) is 3.21. The molecule has 1 amide bonds. The first-order chi connectivity index (χ1) is 11.6. The van der Waals surface area contributed by atoms with E-state index >= 15 is 0 Å². The van der Waals surface area contributed by atoms with Crippen LogP contribution in [0.2, 0.25) is 5.02 Å². The summed E-state index contributed by atoms with van der Waals surface area (Å²) in [7, 11) is 1.58. The molecule has 128 valence electrons. The molecule has 0 radical (unpaired) electrons. The molecule has 2 aromatic rings. The number of para-hydroxylation sites is 2. The first kappa shape index (κ1) is 17.9. The molecule has 0 aliphatic heterocycles. The summed E-state index contributed by atoms with van der Waals surface area (Å²) in [5.41, 5.74) is 0. The van der Waals surface area contributed by atoms with E-state index in [0.29, 0.717) is 35.4 Å². The molecule has 0 bridgehead atoms. The molecule has 6 heteroatoms. The fraction of sp³-hybridized carbons (Fsp3) is 0.278. The standard InChI is InChI=1S/C18H20ClNO4/c1-13(24-15-7-5-6-14(19)12-15)18(21)20-10-11-23-17-9-4-3-8-16(17)22-2/h3-9,12-13H,10-11H2,1-2H3,(H,20,21)/t13-/m1/s1. The van der Waals surface area contributed by atoms with Gasteiger partial charge in [0.05, 0.1) is 13.7 Å². The average molecular weight is 350 g/mol. The van der Waals surface area contributed by atoms with Crippen LogP contribution in [-0.4, -0.2) is 32.3 Å². The predicted octanol–water partition coefficient (Wildman–Crippen LogP) is 3.31. The van der Waals surface area contributed by atoms with Gasteiger partial charge in [0.2, 0.25) is 0 Å². The lowest BCUT2D eigenvalue weighted by molar-refractivity contribution is -0.127. The van der Waals surface area contributed by atoms with Crippen LogP contribution in [0.5, 0.6) is 17.2 Å².